The van der Waals surface area contributed by atoms with Gasteiger partial charge in [-0.2, -0.15) is 0 Å². The minimum atomic E-state index is -4.87. The van der Waals surface area contributed by atoms with Crippen LogP contribution >= 0.6 is 27.3 Å². The number of ether oxygens (including phenoxy) is 1. The third kappa shape index (κ3) is 4.87. The van der Waals surface area contributed by atoms with Gasteiger partial charge in [0.25, 0.3) is 5.56 Å². The van der Waals surface area contributed by atoms with Gasteiger partial charge in [0, 0.05) is 12.3 Å². The molecule has 1 aliphatic rings. The molecule has 0 saturated carbocycles. The monoisotopic (exact) mass is 406 g/mol. The number of aromatic amines is 1. The second-order valence-electron chi connectivity index (χ2n) is 4.66. The molecule has 1 fully saturated rings. The second kappa shape index (κ2) is 7.63. The molecule has 0 aromatic carbocycles. The minimum absolute atomic E-state index is 0.701. The lowest BCUT2D eigenvalue weighted by Crippen LogP contribution is -2.37. The number of phosphoric acid groups is 1. The Labute approximate surface area is 139 Å². The molecule has 5 atom stereocenters. The van der Waals surface area contributed by atoms with E-state index in [0.717, 1.165) is 16.8 Å². The predicted molar refractivity (Wildman–Crippen MR) is 81.0 cm³/mol. The number of thiol groups is 1. The van der Waals surface area contributed by atoms with Crippen molar-refractivity contribution in [3.8, 4) is 0 Å². The van der Waals surface area contributed by atoms with Crippen LogP contribution in [0, 0.1) is 0 Å². The van der Waals surface area contributed by atoms with Crippen LogP contribution in [0.5, 0.6) is 0 Å². The maximum atomic E-state index is 14.4. The van der Waals surface area contributed by atoms with E-state index < -0.39 is 57.5 Å². The molecule has 2 unspecified atom stereocenters. The zero-order chi connectivity index (χ0) is 18.1. The first-order valence-electron chi connectivity index (χ1n) is 6.29. The maximum Gasteiger partial charge on any atom is 0.469 e. The summed E-state index contributed by atoms with van der Waals surface area (Å²) in [5.41, 5.74) is -1.64. The van der Waals surface area contributed by atoms with Crippen LogP contribution in [0.4, 0.5) is 4.39 Å². The second-order valence-corrected chi connectivity index (χ2v) is 7.76. The zero-order valence-corrected chi connectivity index (χ0v) is 14.4. The highest BCUT2D eigenvalue weighted by Gasteiger charge is 2.48. The molecule has 0 aliphatic carbocycles. The molecule has 0 spiro atoms. The number of rotatable bonds is 6. The average molecular weight is 406 g/mol. The first kappa shape index (κ1) is 19.5. The topological polar surface area (TPSA) is 157 Å². The van der Waals surface area contributed by atoms with Gasteiger partial charge >= 0.3 is 13.5 Å². The van der Waals surface area contributed by atoms with Crippen molar-refractivity contribution in [1.82, 2.24) is 9.55 Å². The Balaban J connectivity index is 2.30. The normalized spacial score (nSPS) is 28.8. The van der Waals surface area contributed by atoms with E-state index in [0.29, 0.717) is 0 Å². The highest BCUT2D eigenvalue weighted by Crippen LogP contribution is 2.43. The van der Waals surface area contributed by atoms with Crippen molar-refractivity contribution in [3.05, 3.63) is 33.1 Å². The van der Waals surface area contributed by atoms with Crippen LogP contribution in [0.2, 0.25) is 0 Å². The molecule has 0 bridgehead atoms. The average Bonchev–Trinajstić information content (AvgIpc) is 2.73. The predicted octanol–water partition coefficient (Wildman–Crippen LogP) is -0.414. The third-order valence-electron chi connectivity index (χ3n) is 3.03. The fraction of sp³-hybridized carbons (Fsp3) is 0.556. The summed E-state index contributed by atoms with van der Waals surface area (Å²) >= 11 is 3.54. The van der Waals surface area contributed by atoms with Crippen LogP contribution in [0.15, 0.2) is 21.9 Å². The van der Waals surface area contributed by atoms with Crippen molar-refractivity contribution < 1.29 is 37.1 Å². The van der Waals surface area contributed by atoms with Crippen LogP contribution in [-0.4, -0.2) is 44.3 Å². The van der Waals surface area contributed by atoms with Gasteiger partial charge in [-0.3, -0.25) is 23.4 Å². The lowest BCUT2D eigenvalue weighted by Gasteiger charge is -2.19. The highest BCUT2D eigenvalue weighted by molar-refractivity contribution is 8.39. The van der Waals surface area contributed by atoms with Crippen molar-refractivity contribution >= 4 is 27.3 Å². The van der Waals surface area contributed by atoms with E-state index in [1.54, 1.807) is 0 Å². The van der Waals surface area contributed by atoms with E-state index in [1.165, 1.54) is 0 Å². The molecule has 1 aliphatic heterocycles. The van der Waals surface area contributed by atoms with Crippen molar-refractivity contribution in [2.24, 2.45) is 0 Å². The smallest absolute Gasteiger partial charge is 0.346 e. The summed E-state index contributed by atoms with van der Waals surface area (Å²) in [6.07, 6.45) is -5.54. The number of nitrogens with one attached hydrogen (secondary N) is 1. The molecule has 2 rings (SSSR count). The van der Waals surface area contributed by atoms with Crippen LogP contribution in [0.25, 0.3) is 0 Å². The molecule has 11 nitrogen and oxygen atoms in total. The molecule has 2 heterocycles. The van der Waals surface area contributed by atoms with Gasteiger partial charge in [-0.05, 0) is 0 Å². The lowest BCUT2D eigenvalue weighted by molar-refractivity contribution is -0.0479. The van der Waals surface area contributed by atoms with Gasteiger partial charge in [0.05, 0.1) is 6.61 Å². The van der Waals surface area contributed by atoms with Crippen molar-refractivity contribution in [2.45, 2.75) is 24.6 Å². The molecule has 1 aromatic rings. The standard InChI is InChI=1S/C9H13FN2O9P2S/c10-6-4(3-19-23(16,17)18)20-8(7(6)21-22(15)24)12-2-1-5(13)11-9(12)14/h1-2,4,6-8,22H,3H2,(H,15,24)(H,11,13,14)(H2,16,17,18)/t4-,6?,7+,8-/m1/s1. The molecule has 0 radical (unpaired) electrons. The van der Waals surface area contributed by atoms with Gasteiger partial charge in [-0.15, -0.1) is 0 Å². The van der Waals surface area contributed by atoms with Crippen LogP contribution in [-0.2, 0) is 22.9 Å². The number of nitrogens with zero attached hydrogens (tertiary/aromatic N) is 1. The number of hydrogen-bond acceptors (Lipinski definition) is 7. The number of hydrogen-bond donors (Lipinski definition) is 4. The van der Waals surface area contributed by atoms with Crippen LogP contribution in [0.3, 0.4) is 0 Å². The first-order chi connectivity index (χ1) is 11.1. The fourth-order valence-corrected chi connectivity index (χ4v) is 3.28. The lowest BCUT2D eigenvalue weighted by atomic mass is 10.1. The van der Waals surface area contributed by atoms with E-state index in [1.807, 2.05) is 4.98 Å². The summed E-state index contributed by atoms with van der Waals surface area (Å²) in [5, 5.41) is 0. The Morgan fingerprint density at radius 3 is 2.71 bits per heavy atom. The Bertz CT molecular complexity index is 779. The van der Waals surface area contributed by atoms with Gasteiger partial charge < -0.3 is 19.0 Å². The molecule has 1 saturated heterocycles. The first-order valence-corrected chi connectivity index (χ1v) is 10.4. The van der Waals surface area contributed by atoms with E-state index in [9.17, 15) is 23.1 Å². The SMILES string of the molecule is O=c1ccn([C@@H]2O[C@H](COP(=O)(O)O)C(F)[C@@H]2O[PH](=O)S)c(=O)[nH]1. The van der Waals surface area contributed by atoms with Crippen molar-refractivity contribution in [3.63, 3.8) is 0 Å². The highest BCUT2D eigenvalue weighted by atomic mass is 32.7. The summed E-state index contributed by atoms with van der Waals surface area (Å²) in [6.45, 7) is -0.840. The van der Waals surface area contributed by atoms with Gasteiger partial charge in [-0.1, -0.05) is 12.2 Å². The van der Waals surface area contributed by atoms with Gasteiger partial charge in [0.2, 0.25) is 7.23 Å². The summed E-state index contributed by atoms with van der Waals surface area (Å²) in [4.78, 5) is 42.1. The largest absolute Gasteiger partial charge is 0.469 e. The van der Waals surface area contributed by atoms with Gasteiger partial charge in [0.1, 0.15) is 12.2 Å². The van der Waals surface area contributed by atoms with Crippen molar-refractivity contribution in [2.75, 3.05) is 6.61 Å². The summed E-state index contributed by atoms with van der Waals surface area (Å²) in [5.74, 6) is 0. The summed E-state index contributed by atoms with van der Waals surface area (Å²) in [6, 6.07) is 0.971. The Kier molecular flexibility index (Phi) is 6.21. The molecule has 1 aromatic heterocycles. The zero-order valence-electron chi connectivity index (χ0n) is 11.6. The number of halogens is 1. The molecule has 24 heavy (non-hydrogen) atoms. The van der Waals surface area contributed by atoms with Gasteiger partial charge in [-0.25, -0.2) is 13.8 Å². The Hall–Kier alpha value is -0.780. The minimum Gasteiger partial charge on any atom is -0.346 e. The van der Waals surface area contributed by atoms with Crippen LogP contribution < -0.4 is 11.2 Å². The quantitative estimate of drug-likeness (QED) is 0.364. The molecule has 15 heteroatoms. The van der Waals surface area contributed by atoms with Gasteiger partial charge in [0.15, 0.2) is 12.4 Å². The third-order valence-corrected chi connectivity index (χ3v) is 4.31. The Morgan fingerprint density at radius 2 is 2.17 bits per heavy atom. The van der Waals surface area contributed by atoms with E-state index in [2.05, 4.69) is 16.8 Å². The molecule has 136 valence electrons. The Morgan fingerprint density at radius 1 is 1.50 bits per heavy atom. The fourth-order valence-electron chi connectivity index (χ4n) is 2.09. The maximum absolute atomic E-state index is 14.4. The van der Waals surface area contributed by atoms with Crippen LogP contribution in [0.1, 0.15) is 6.23 Å². The number of alkyl halides is 1. The van der Waals surface area contributed by atoms with Crippen molar-refractivity contribution in [1.29, 1.82) is 0 Å². The summed E-state index contributed by atoms with van der Waals surface area (Å²) < 4.78 is 51.3. The van der Waals surface area contributed by atoms with E-state index >= 15 is 0 Å². The number of H-pyrrole nitrogens is 1. The molecule has 0 amide bonds. The molecular formula is C9H13FN2O9P2S. The van der Waals surface area contributed by atoms with E-state index in [4.69, 9.17) is 19.0 Å². The molecular weight excluding hydrogens is 393 g/mol. The molecule has 3 N–H and O–H groups in total. The summed E-state index contributed by atoms with van der Waals surface area (Å²) in [7, 11) is -7.81. The number of aromatic nitrogens is 2. The van der Waals surface area contributed by atoms with E-state index in [-0.39, 0.29) is 0 Å². The number of phosphoric ester groups is 1.